The molecule has 0 radical (unpaired) electrons. The fourth-order valence-corrected chi connectivity index (χ4v) is 4.05. The molecule has 3 aromatic rings. The first-order valence-electron chi connectivity index (χ1n) is 8.66. The molecule has 4 rings (SSSR count). The van der Waals surface area contributed by atoms with Crippen LogP contribution in [0.2, 0.25) is 0 Å². The van der Waals surface area contributed by atoms with Crippen LogP contribution < -0.4 is 5.32 Å². The number of thiazole rings is 1. The number of nitrogens with one attached hydrogen (secondary N) is 1. The average molecular weight is 437 g/mol. The second kappa shape index (κ2) is 9.98. The molecular formula is C20H22Cl2N4OS. The molecule has 1 N–H and O–H groups in total. The predicted molar refractivity (Wildman–Crippen MR) is 118 cm³/mol. The molecule has 3 heterocycles. The van der Waals surface area contributed by atoms with Gasteiger partial charge >= 0.3 is 0 Å². The lowest BCUT2D eigenvalue weighted by molar-refractivity contribution is 0.0634. The summed E-state index contributed by atoms with van der Waals surface area (Å²) in [7, 11) is 0. The fourth-order valence-electron chi connectivity index (χ4n) is 3.26. The molecule has 1 aliphatic rings. The van der Waals surface area contributed by atoms with Gasteiger partial charge in [0.25, 0.3) is 5.91 Å². The van der Waals surface area contributed by atoms with E-state index in [2.05, 4.69) is 15.3 Å². The van der Waals surface area contributed by atoms with Crippen molar-refractivity contribution in [2.45, 2.75) is 13.0 Å². The van der Waals surface area contributed by atoms with Crippen molar-refractivity contribution < 1.29 is 4.79 Å². The van der Waals surface area contributed by atoms with Gasteiger partial charge in [-0.15, -0.1) is 36.2 Å². The first-order valence-corrected chi connectivity index (χ1v) is 9.54. The minimum Gasteiger partial charge on any atom is -0.329 e. The summed E-state index contributed by atoms with van der Waals surface area (Å²) in [4.78, 5) is 23.9. The molecule has 1 unspecified atom stereocenters. The van der Waals surface area contributed by atoms with Crippen molar-refractivity contribution in [2.75, 3.05) is 19.6 Å². The maximum Gasteiger partial charge on any atom is 0.254 e. The number of halogens is 2. The molecule has 0 spiro atoms. The zero-order valence-corrected chi connectivity index (χ0v) is 17.8. The minimum absolute atomic E-state index is 0. The van der Waals surface area contributed by atoms with Crippen LogP contribution in [0.1, 0.15) is 27.7 Å². The third-order valence-corrected chi connectivity index (χ3v) is 5.56. The highest BCUT2D eigenvalue weighted by molar-refractivity contribution is 7.13. The summed E-state index contributed by atoms with van der Waals surface area (Å²) in [6.07, 6.45) is 3.60. The van der Waals surface area contributed by atoms with Crippen molar-refractivity contribution in [1.82, 2.24) is 20.2 Å². The smallest absolute Gasteiger partial charge is 0.254 e. The number of carbonyl (C=O) groups excluding carboxylic acids is 1. The van der Waals surface area contributed by atoms with Crippen LogP contribution in [-0.2, 0) is 0 Å². The van der Waals surface area contributed by atoms with Gasteiger partial charge < -0.3 is 10.2 Å². The molecule has 0 bridgehead atoms. The monoisotopic (exact) mass is 436 g/mol. The number of benzene rings is 1. The molecule has 1 saturated heterocycles. The molecule has 0 aliphatic carbocycles. The second-order valence-corrected chi connectivity index (χ2v) is 7.24. The molecule has 1 atom stereocenters. The third-order valence-electron chi connectivity index (χ3n) is 4.55. The quantitative estimate of drug-likeness (QED) is 0.669. The lowest BCUT2D eigenvalue weighted by atomic mass is 10.0. The average Bonchev–Trinajstić information content (AvgIpc) is 3.15. The summed E-state index contributed by atoms with van der Waals surface area (Å²) in [5, 5.41) is 6.35. The first kappa shape index (κ1) is 22.3. The Bertz CT molecular complexity index is 919. The molecule has 1 aliphatic heterocycles. The number of hydrogen-bond acceptors (Lipinski definition) is 5. The molecule has 1 fully saturated rings. The molecular weight excluding hydrogens is 415 g/mol. The molecule has 5 nitrogen and oxygen atoms in total. The number of amides is 1. The Morgan fingerprint density at radius 3 is 2.82 bits per heavy atom. The van der Waals surface area contributed by atoms with E-state index < -0.39 is 0 Å². The number of aryl methyl sites for hydroxylation is 1. The molecule has 28 heavy (non-hydrogen) atoms. The SMILES string of the molecule is Cc1csc(-c2cccc(C(=O)N3CCNCC3c3cccnc3)c2)n1.Cl.Cl. The van der Waals surface area contributed by atoms with E-state index in [-0.39, 0.29) is 36.8 Å². The normalized spacial score (nSPS) is 16.0. The van der Waals surface area contributed by atoms with Gasteiger partial charge in [0.05, 0.1) is 6.04 Å². The van der Waals surface area contributed by atoms with Crippen LogP contribution >= 0.6 is 36.2 Å². The number of hydrogen-bond donors (Lipinski definition) is 1. The second-order valence-electron chi connectivity index (χ2n) is 6.38. The van der Waals surface area contributed by atoms with E-state index in [1.54, 1.807) is 17.5 Å². The van der Waals surface area contributed by atoms with Gasteiger partial charge in [-0.05, 0) is 30.7 Å². The maximum absolute atomic E-state index is 13.2. The summed E-state index contributed by atoms with van der Waals surface area (Å²) in [5.74, 6) is 0.0514. The maximum atomic E-state index is 13.2. The Kier molecular flexibility index (Phi) is 7.95. The first-order chi connectivity index (χ1) is 12.7. The van der Waals surface area contributed by atoms with Crippen LogP contribution in [0.4, 0.5) is 0 Å². The van der Waals surface area contributed by atoms with E-state index in [4.69, 9.17) is 0 Å². The zero-order valence-electron chi connectivity index (χ0n) is 15.4. The Balaban J connectivity index is 0.00000140. The van der Waals surface area contributed by atoms with E-state index in [0.717, 1.165) is 34.9 Å². The number of nitrogens with zero attached hydrogens (tertiary/aromatic N) is 3. The van der Waals surface area contributed by atoms with Crippen molar-refractivity contribution >= 4 is 42.1 Å². The van der Waals surface area contributed by atoms with Crippen LogP contribution in [0.3, 0.4) is 0 Å². The Morgan fingerprint density at radius 2 is 2.11 bits per heavy atom. The lowest BCUT2D eigenvalue weighted by Crippen LogP contribution is -2.48. The number of carbonyl (C=O) groups is 1. The molecule has 1 amide bonds. The van der Waals surface area contributed by atoms with Gasteiger partial charge in [0.2, 0.25) is 0 Å². The summed E-state index contributed by atoms with van der Waals surface area (Å²) in [5.41, 5.74) is 3.74. The molecule has 2 aromatic heterocycles. The summed E-state index contributed by atoms with van der Waals surface area (Å²) >= 11 is 1.60. The van der Waals surface area contributed by atoms with E-state index in [1.165, 1.54) is 0 Å². The van der Waals surface area contributed by atoms with Gasteiger partial charge in [-0.3, -0.25) is 9.78 Å². The van der Waals surface area contributed by atoms with Crippen molar-refractivity contribution in [3.8, 4) is 10.6 Å². The van der Waals surface area contributed by atoms with E-state index in [9.17, 15) is 4.79 Å². The Hall–Kier alpha value is -1.99. The van der Waals surface area contributed by atoms with Gasteiger partial charge in [-0.25, -0.2) is 4.98 Å². The van der Waals surface area contributed by atoms with Crippen LogP contribution in [0.15, 0.2) is 54.2 Å². The largest absolute Gasteiger partial charge is 0.329 e. The molecule has 148 valence electrons. The fraction of sp³-hybridized carbons (Fsp3) is 0.250. The van der Waals surface area contributed by atoms with Crippen molar-refractivity contribution in [3.05, 3.63) is 71.0 Å². The van der Waals surface area contributed by atoms with Crippen LogP contribution in [0.5, 0.6) is 0 Å². The van der Waals surface area contributed by atoms with Gasteiger partial charge in [-0.2, -0.15) is 0 Å². The number of piperazine rings is 1. The van der Waals surface area contributed by atoms with E-state index in [0.29, 0.717) is 12.1 Å². The van der Waals surface area contributed by atoms with Crippen molar-refractivity contribution in [1.29, 1.82) is 0 Å². The molecule has 0 saturated carbocycles. The van der Waals surface area contributed by atoms with Gasteiger partial charge in [0.15, 0.2) is 0 Å². The number of pyridine rings is 1. The zero-order chi connectivity index (χ0) is 17.9. The highest BCUT2D eigenvalue weighted by Gasteiger charge is 2.28. The Morgan fingerprint density at radius 1 is 1.25 bits per heavy atom. The van der Waals surface area contributed by atoms with E-state index >= 15 is 0 Å². The topological polar surface area (TPSA) is 58.1 Å². The number of aromatic nitrogens is 2. The molecule has 8 heteroatoms. The van der Waals surface area contributed by atoms with Crippen LogP contribution in [0, 0.1) is 6.92 Å². The minimum atomic E-state index is -0.00397. The summed E-state index contributed by atoms with van der Waals surface area (Å²) in [6, 6.07) is 11.7. The third kappa shape index (κ3) is 4.70. The van der Waals surface area contributed by atoms with Crippen molar-refractivity contribution in [2.24, 2.45) is 0 Å². The van der Waals surface area contributed by atoms with E-state index in [1.807, 2.05) is 59.8 Å². The van der Waals surface area contributed by atoms with Gasteiger partial charge in [0.1, 0.15) is 5.01 Å². The number of rotatable bonds is 3. The highest BCUT2D eigenvalue weighted by Crippen LogP contribution is 2.27. The van der Waals surface area contributed by atoms with Crippen LogP contribution in [0.25, 0.3) is 10.6 Å². The lowest BCUT2D eigenvalue weighted by Gasteiger charge is -2.36. The summed E-state index contributed by atoms with van der Waals surface area (Å²) in [6.45, 7) is 4.20. The van der Waals surface area contributed by atoms with Gasteiger partial charge in [-0.1, -0.05) is 18.2 Å². The van der Waals surface area contributed by atoms with Crippen LogP contribution in [-0.4, -0.2) is 40.4 Å². The van der Waals surface area contributed by atoms with Gasteiger partial charge in [0, 0.05) is 54.2 Å². The summed E-state index contributed by atoms with van der Waals surface area (Å²) < 4.78 is 0. The predicted octanol–water partition coefficient (Wildman–Crippen LogP) is 4.14. The highest BCUT2D eigenvalue weighted by atomic mass is 35.5. The Labute approximate surface area is 181 Å². The van der Waals surface area contributed by atoms with Crippen molar-refractivity contribution in [3.63, 3.8) is 0 Å². The molecule has 1 aromatic carbocycles. The standard InChI is InChI=1S/C20H20N4OS.2ClH/c1-14-13-26-19(23-14)15-4-2-5-16(10-15)20(25)24-9-8-22-12-18(24)17-6-3-7-21-11-17;;/h2-7,10-11,13,18,22H,8-9,12H2,1H3;2*1H.